The van der Waals surface area contributed by atoms with E-state index in [1.165, 1.54) is 4.90 Å². The van der Waals surface area contributed by atoms with Crippen LogP contribution in [0.5, 0.6) is 11.5 Å². The highest BCUT2D eigenvalue weighted by Crippen LogP contribution is 2.39. The second-order valence-corrected chi connectivity index (χ2v) is 7.02. The van der Waals surface area contributed by atoms with Gasteiger partial charge in [0.2, 0.25) is 0 Å². The minimum absolute atomic E-state index is 0.166. The zero-order chi connectivity index (χ0) is 19.0. The molecule has 3 aromatic rings. The molecular weight excluding hydrogens is 408 g/mol. The Labute approximate surface area is 164 Å². The number of hydrogen-bond acceptors (Lipinski definition) is 3. The average Bonchev–Trinajstić information content (AvgIpc) is 2.78. The Morgan fingerprint density at radius 3 is 2.52 bits per heavy atom. The number of rotatable bonds is 2. The summed E-state index contributed by atoms with van der Waals surface area (Å²) >= 11 is 3.35. The van der Waals surface area contributed by atoms with Gasteiger partial charge in [-0.1, -0.05) is 28.1 Å². The van der Waals surface area contributed by atoms with Crippen molar-refractivity contribution in [2.45, 2.75) is 0 Å². The highest BCUT2D eigenvalue weighted by molar-refractivity contribution is 9.10. The summed E-state index contributed by atoms with van der Waals surface area (Å²) in [6, 6.07) is 19.4. The van der Waals surface area contributed by atoms with Crippen LogP contribution in [0.2, 0.25) is 0 Å². The van der Waals surface area contributed by atoms with Crippen LogP contribution in [-0.2, 0) is 0 Å². The number of anilines is 2. The summed E-state index contributed by atoms with van der Waals surface area (Å²) in [6.07, 6.45) is 0. The third-order valence-electron chi connectivity index (χ3n) is 4.33. The first-order chi connectivity index (χ1) is 13.0. The van der Waals surface area contributed by atoms with Crippen LogP contribution in [-0.4, -0.2) is 18.9 Å². The van der Waals surface area contributed by atoms with Crippen LogP contribution >= 0.6 is 15.9 Å². The number of ether oxygens (including phenoxy) is 1. The van der Waals surface area contributed by atoms with Crippen molar-refractivity contribution in [2.24, 2.45) is 0 Å². The fraction of sp³-hybridized carbons (Fsp3) is 0.0476. The molecule has 0 saturated carbocycles. The number of amides is 2. The second kappa shape index (κ2) is 6.89. The molecule has 5 nitrogen and oxygen atoms in total. The maximum atomic E-state index is 12.7. The van der Waals surface area contributed by atoms with Gasteiger partial charge in [0.25, 0.3) is 11.8 Å². The quantitative estimate of drug-likeness (QED) is 0.625. The molecule has 0 aromatic heterocycles. The lowest BCUT2D eigenvalue weighted by molar-refractivity contribution is 0.0991. The molecule has 0 spiro atoms. The Balaban J connectivity index is 1.65. The zero-order valence-electron chi connectivity index (χ0n) is 14.4. The highest BCUT2D eigenvalue weighted by atomic mass is 79.9. The molecule has 0 saturated heterocycles. The Kier molecular flexibility index (Phi) is 4.41. The molecule has 4 rings (SSSR count). The number of nitrogens with one attached hydrogen (secondary N) is 1. The van der Waals surface area contributed by atoms with Crippen LogP contribution in [0, 0.1) is 0 Å². The predicted octanol–water partition coefficient (Wildman–Crippen LogP) is 5.08. The van der Waals surface area contributed by atoms with E-state index in [0.717, 1.165) is 4.47 Å². The van der Waals surface area contributed by atoms with Gasteiger partial charge in [-0.3, -0.25) is 9.59 Å². The molecule has 0 fully saturated rings. The van der Waals surface area contributed by atoms with E-state index in [1.807, 2.05) is 18.2 Å². The first kappa shape index (κ1) is 17.3. The largest absolute Gasteiger partial charge is 0.454 e. The summed E-state index contributed by atoms with van der Waals surface area (Å²) in [7, 11) is 1.69. The number of carbonyl (C=O) groups is 2. The van der Waals surface area contributed by atoms with Crippen molar-refractivity contribution in [3.05, 3.63) is 82.3 Å². The second-order valence-electron chi connectivity index (χ2n) is 6.11. The Bertz CT molecular complexity index is 1050. The van der Waals surface area contributed by atoms with Gasteiger partial charge in [0.15, 0.2) is 5.75 Å². The SMILES string of the molecule is CN1C(=O)c2ccccc2Oc2ccc(NC(=O)c3ccc(Br)cc3)cc21. The zero-order valence-corrected chi connectivity index (χ0v) is 16.0. The summed E-state index contributed by atoms with van der Waals surface area (Å²) < 4.78 is 6.82. The summed E-state index contributed by atoms with van der Waals surface area (Å²) in [5.74, 6) is 0.673. The van der Waals surface area contributed by atoms with Crippen LogP contribution < -0.4 is 15.0 Å². The standard InChI is InChI=1S/C21H15BrN2O3/c1-24-17-12-15(23-20(25)13-6-8-14(22)9-7-13)10-11-19(17)27-18-5-3-2-4-16(18)21(24)26/h2-12H,1H3,(H,23,25). The minimum atomic E-state index is -0.228. The van der Waals surface area contributed by atoms with Crippen molar-refractivity contribution in [1.82, 2.24) is 0 Å². The van der Waals surface area contributed by atoms with Crippen LogP contribution in [0.15, 0.2) is 71.2 Å². The van der Waals surface area contributed by atoms with Crippen LogP contribution in [0.25, 0.3) is 0 Å². The minimum Gasteiger partial charge on any atom is -0.454 e. The first-order valence-electron chi connectivity index (χ1n) is 8.29. The predicted molar refractivity (Wildman–Crippen MR) is 108 cm³/mol. The van der Waals surface area contributed by atoms with Gasteiger partial charge in [-0.15, -0.1) is 0 Å². The smallest absolute Gasteiger partial charge is 0.261 e. The molecule has 6 heteroatoms. The third-order valence-corrected chi connectivity index (χ3v) is 4.86. The molecule has 0 bridgehead atoms. The molecule has 0 atom stereocenters. The molecule has 3 aromatic carbocycles. The van der Waals surface area contributed by atoms with Crippen molar-refractivity contribution >= 4 is 39.1 Å². The molecule has 2 amide bonds. The number of hydrogen-bond donors (Lipinski definition) is 1. The fourth-order valence-corrected chi connectivity index (χ4v) is 3.15. The van der Waals surface area contributed by atoms with Crippen molar-refractivity contribution < 1.29 is 14.3 Å². The van der Waals surface area contributed by atoms with E-state index in [-0.39, 0.29) is 11.8 Å². The Morgan fingerprint density at radius 2 is 1.74 bits per heavy atom. The molecule has 1 aliphatic heterocycles. The maximum Gasteiger partial charge on any atom is 0.261 e. The highest BCUT2D eigenvalue weighted by Gasteiger charge is 2.25. The van der Waals surface area contributed by atoms with Crippen molar-refractivity contribution in [1.29, 1.82) is 0 Å². The van der Waals surface area contributed by atoms with Gasteiger partial charge in [0.1, 0.15) is 5.75 Å². The topological polar surface area (TPSA) is 58.6 Å². The van der Waals surface area contributed by atoms with Crippen LogP contribution in [0.1, 0.15) is 20.7 Å². The van der Waals surface area contributed by atoms with Gasteiger partial charge in [-0.25, -0.2) is 0 Å². The van der Waals surface area contributed by atoms with E-state index < -0.39 is 0 Å². The molecular formula is C21H15BrN2O3. The number of nitrogens with zero attached hydrogens (tertiary/aromatic N) is 1. The molecule has 0 radical (unpaired) electrons. The Hall–Kier alpha value is -3.12. The van der Waals surface area contributed by atoms with E-state index >= 15 is 0 Å². The first-order valence-corrected chi connectivity index (χ1v) is 9.08. The molecule has 1 aliphatic rings. The Morgan fingerprint density at radius 1 is 1.00 bits per heavy atom. The van der Waals surface area contributed by atoms with E-state index in [9.17, 15) is 9.59 Å². The summed E-state index contributed by atoms with van der Waals surface area (Å²) in [5.41, 5.74) is 2.21. The summed E-state index contributed by atoms with van der Waals surface area (Å²) in [5, 5.41) is 2.86. The lowest BCUT2D eigenvalue weighted by atomic mass is 10.1. The van der Waals surface area contributed by atoms with Crippen molar-refractivity contribution in [2.75, 3.05) is 17.3 Å². The van der Waals surface area contributed by atoms with Gasteiger partial charge in [0.05, 0.1) is 11.3 Å². The average molecular weight is 423 g/mol. The number of benzene rings is 3. The lowest BCUT2D eigenvalue weighted by Gasteiger charge is -2.17. The van der Waals surface area contributed by atoms with Crippen LogP contribution in [0.4, 0.5) is 11.4 Å². The van der Waals surface area contributed by atoms with Crippen molar-refractivity contribution in [3.8, 4) is 11.5 Å². The van der Waals surface area contributed by atoms with Gasteiger partial charge in [-0.2, -0.15) is 0 Å². The van der Waals surface area contributed by atoms with Gasteiger partial charge >= 0.3 is 0 Å². The van der Waals surface area contributed by atoms with Gasteiger partial charge < -0.3 is 15.0 Å². The van der Waals surface area contributed by atoms with E-state index in [4.69, 9.17) is 4.74 Å². The molecule has 0 unspecified atom stereocenters. The molecule has 0 aliphatic carbocycles. The van der Waals surface area contributed by atoms with Gasteiger partial charge in [0, 0.05) is 22.8 Å². The van der Waals surface area contributed by atoms with E-state index in [2.05, 4.69) is 21.2 Å². The molecule has 134 valence electrons. The number of halogens is 1. The summed E-state index contributed by atoms with van der Waals surface area (Å²) in [4.78, 5) is 26.7. The number of carbonyl (C=O) groups excluding carboxylic acids is 2. The number of fused-ring (bicyclic) bond motifs is 2. The van der Waals surface area contributed by atoms with Crippen molar-refractivity contribution in [3.63, 3.8) is 0 Å². The maximum absolute atomic E-state index is 12.7. The monoisotopic (exact) mass is 422 g/mol. The van der Waals surface area contributed by atoms with Crippen LogP contribution in [0.3, 0.4) is 0 Å². The van der Waals surface area contributed by atoms with E-state index in [0.29, 0.717) is 34.0 Å². The number of para-hydroxylation sites is 1. The lowest BCUT2D eigenvalue weighted by Crippen LogP contribution is -2.25. The van der Waals surface area contributed by atoms with E-state index in [1.54, 1.807) is 55.6 Å². The molecule has 1 heterocycles. The molecule has 27 heavy (non-hydrogen) atoms. The normalized spacial score (nSPS) is 12.5. The fourth-order valence-electron chi connectivity index (χ4n) is 2.89. The van der Waals surface area contributed by atoms with Gasteiger partial charge in [-0.05, 0) is 54.6 Å². The molecule has 1 N–H and O–H groups in total. The summed E-state index contributed by atoms with van der Waals surface area (Å²) in [6.45, 7) is 0. The third kappa shape index (κ3) is 3.31.